The van der Waals surface area contributed by atoms with Crippen LogP contribution < -0.4 is 9.80 Å². The van der Waals surface area contributed by atoms with Gasteiger partial charge < -0.3 is 19.1 Å². The highest BCUT2D eigenvalue weighted by Crippen LogP contribution is 2.24. The van der Waals surface area contributed by atoms with Crippen LogP contribution in [0.4, 0.5) is 11.6 Å². The van der Waals surface area contributed by atoms with E-state index in [9.17, 15) is 4.79 Å². The first-order chi connectivity index (χ1) is 12.7. The van der Waals surface area contributed by atoms with Gasteiger partial charge in [-0.25, -0.2) is 0 Å². The first-order valence-corrected chi connectivity index (χ1v) is 9.39. The lowest BCUT2D eigenvalue weighted by atomic mass is 10.0. The van der Waals surface area contributed by atoms with Gasteiger partial charge >= 0.3 is 0 Å². The van der Waals surface area contributed by atoms with E-state index in [1.54, 1.807) is 6.07 Å². The van der Waals surface area contributed by atoms with Crippen molar-refractivity contribution in [2.24, 2.45) is 0 Å². The van der Waals surface area contributed by atoms with Gasteiger partial charge in [-0.2, -0.15) is 0 Å². The maximum Gasteiger partial charge on any atom is 0.257 e. The van der Waals surface area contributed by atoms with E-state index in [0.717, 1.165) is 31.3 Å². The van der Waals surface area contributed by atoms with Crippen LogP contribution in [0.15, 0.2) is 35.1 Å². The van der Waals surface area contributed by atoms with Crippen molar-refractivity contribution in [2.75, 3.05) is 42.5 Å². The van der Waals surface area contributed by atoms with Gasteiger partial charge in [0.25, 0.3) is 5.91 Å². The second kappa shape index (κ2) is 7.35. The van der Waals surface area contributed by atoms with Gasteiger partial charge in [0, 0.05) is 38.8 Å². The molecule has 0 aromatic carbocycles. The van der Waals surface area contributed by atoms with Gasteiger partial charge in [-0.15, -0.1) is 10.2 Å². The van der Waals surface area contributed by atoms with E-state index in [0.29, 0.717) is 24.7 Å². The molecule has 2 aromatic rings. The third kappa shape index (κ3) is 3.38. The largest absolute Gasteiger partial charge is 0.472 e. The monoisotopic (exact) mass is 355 g/mol. The fourth-order valence-electron chi connectivity index (χ4n) is 3.79. The van der Waals surface area contributed by atoms with Gasteiger partial charge in [0.1, 0.15) is 6.26 Å². The van der Waals surface area contributed by atoms with Gasteiger partial charge in [0.2, 0.25) is 0 Å². The van der Waals surface area contributed by atoms with E-state index >= 15 is 0 Å². The fraction of sp³-hybridized carbons (Fsp3) is 0.526. The summed E-state index contributed by atoms with van der Waals surface area (Å²) >= 11 is 0. The van der Waals surface area contributed by atoms with Crippen molar-refractivity contribution >= 4 is 17.5 Å². The first-order valence-electron chi connectivity index (χ1n) is 9.39. The minimum absolute atomic E-state index is 0.0268. The van der Waals surface area contributed by atoms with Gasteiger partial charge in [0.05, 0.1) is 11.8 Å². The van der Waals surface area contributed by atoms with E-state index < -0.39 is 0 Å². The van der Waals surface area contributed by atoms with Crippen molar-refractivity contribution in [1.82, 2.24) is 15.1 Å². The molecule has 0 saturated carbocycles. The average molecular weight is 355 g/mol. The molecule has 2 saturated heterocycles. The third-order valence-electron chi connectivity index (χ3n) is 5.39. The molecule has 26 heavy (non-hydrogen) atoms. The number of rotatable bonds is 3. The molecule has 2 aromatic heterocycles. The summed E-state index contributed by atoms with van der Waals surface area (Å²) in [4.78, 5) is 18.8. The third-order valence-corrected chi connectivity index (χ3v) is 5.39. The van der Waals surface area contributed by atoms with Gasteiger partial charge in [0.15, 0.2) is 11.6 Å². The van der Waals surface area contributed by atoms with Crippen LogP contribution >= 0.6 is 0 Å². The summed E-state index contributed by atoms with van der Waals surface area (Å²) in [5.41, 5.74) is 0.609. The molecule has 2 aliphatic heterocycles. The van der Waals surface area contributed by atoms with Crippen molar-refractivity contribution < 1.29 is 9.21 Å². The molecule has 0 aliphatic carbocycles. The molecular weight excluding hydrogens is 330 g/mol. The lowest BCUT2D eigenvalue weighted by Gasteiger charge is -2.36. The Kier molecular flexibility index (Phi) is 4.77. The highest BCUT2D eigenvalue weighted by molar-refractivity contribution is 5.94. The molecule has 7 nitrogen and oxygen atoms in total. The Morgan fingerprint density at radius 3 is 2.46 bits per heavy atom. The van der Waals surface area contributed by atoms with Crippen molar-refractivity contribution in [3.63, 3.8) is 0 Å². The van der Waals surface area contributed by atoms with E-state index in [4.69, 9.17) is 4.42 Å². The molecule has 0 spiro atoms. The topological polar surface area (TPSA) is 65.7 Å². The molecule has 1 amide bonds. The Labute approximate surface area is 153 Å². The van der Waals surface area contributed by atoms with Crippen LogP contribution in [0.1, 0.15) is 36.5 Å². The van der Waals surface area contributed by atoms with Crippen LogP contribution in [0.25, 0.3) is 0 Å². The quantitative estimate of drug-likeness (QED) is 0.842. The fourth-order valence-corrected chi connectivity index (χ4v) is 3.79. The molecular formula is C19H25N5O2. The molecule has 1 unspecified atom stereocenters. The molecule has 0 N–H and O–H groups in total. The minimum atomic E-state index is 0.0268. The summed E-state index contributed by atoms with van der Waals surface area (Å²) in [5.74, 6) is 1.88. The zero-order chi connectivity index (χ0) is 17.9. The molecule has 4 heterocycles. The number of amides is 1. The molecule has 0 bridgehead atoms. The number of hydrogen-bond acceptors (Lipinski definition) is 6. The van der Waals surface area contributed by atoms with Crippen LogP contribution in [0.5, 0.6) is 0 Å². The summed E-state index contributed by atoms with van der Waals surface area (Å²) in [6.07, 6.45) is 6.77. The normalized spacial score (nSPS) is 21.1. The van der Waals surface area contributed by atoms with Gasteiger partial charge in [-0.3, -0.25) is 4.79 Å². The number of hydrogen-bond donors (Lipinski definition) is 0. The van der Waals surface area contributed by atoms with E-state index in [2.05, 4.69) is 39.1 Å². The Balaban J connectivity index is 1.36. The van der Waals surface area contributed by atoms with Gasteiger partial charge in [-0.05, 0) is 44.4 Å². The summed E-state index contributed by atoms with van der Waals surface area (Å²) in [5, 5.41) is 8.91. The molecule has 138 valence electrons. The van der Waals surface area contributed by atoms with Crippen LogP contribution in [-0.4, -0.2) is 59.8 Å². The molecule has 1 atom stereocenters. The van der Waals surface area contributed by atoms with Crippen LogP contribution in [-0.2, 0) is 0 Å². The number of piperazine rings is 1. The molecule has 2 fully saturated rings. The second-order valence-corrected chi connectivity index (χ2v) is 7.08. The number of carbonyl (C=O) groups is 1. The van der Waals surface area contributed by atoms with Crippen LogP contribution in [0.2, 0.25) is 0 Å². The van der Waals surface area contributed by atoms with E-state index in [-0.39, 0.29) is 5.91 Å². The minimum Gasteiger partial charge on any atom is -0.472 e. The zero-order valence-electron chi connectivity index (χ0n) is 15.2. The Hall–Kier alpha value is -2.57. The van der Waals surface area contributed by atoms with Crippen molar-refractivity contribution in [1.29, 1.82) is 0 Å². The van der Waals surface area contributed by atoms with Crippen LogP contribution in [0, 0.1) is 0 Å². The standard InChI is InChI=1S/C19H25N5O2/c1-15-4-2-3-8-24(15)18-6-5-17(20-21-18)22-9-11-23(12-10-22)19(25)16-7-13-26-14-16/h5-7,13-15H,2-4,8-12H2,1H3. The second-order valence-electron chi connectivity index (χ2n) is 7.08. The zero-order valence-corrected chi connectivity index (χ0v) is 15.2. The Bertz CT molecular complexity index is 723. The number of piperidine rings is 1. The predicted molar refractivity (Wildman–Crippen MR) is 99.5 cm³/mol. The average Bonchev–Trinajstić information content (AvgIpc) is 3.23. The maximum atomic E-state index is 12.4. The van der Waals surface area contributed by atoms with E-state index in [1.807, 2.05) is 4.90 Å². The molecule has 2 aliphatic rings. The maximum absolute atomic E-state index is 12.4. The first kappa shape index (κ1) is 16.9. The summed E-state index contributed by atoms with van der Waals surface area (Å²) in [7, 11) is 0. The van der Waals surface area contributed by atoms with Crippen molar-refractivity contribution in [3.05, 3.63) is 36.3 Å². The Morgan fingerprint density at radius 2 is 1.81 bits per heavy atom. The summed E-state index contributed by atoms with van der Waals surface area (Å²) < 4.78 is 5.01. The summed E-state index contributed by atoms with van der Waals surface area (Å²) in [6.45, 7) is 6.19. The SMILES string of the molecule is CC1CCCCN1c1ccc(N2CCN(C(=O)c3ccoc3)CC2)nn1. The molecule has 0 radical (unpaired) electrons. The van der Waals surface area contributed by atoms with E-state index in [1.165, 1.54) is 31.8 Å². The smallest absolute Gasteiger partial charge is 0.257 e. The van der Waals surface area contributed by atoms with Crippen LogP contribution in [0.3, 0.4) is 0 Å². The molecule has 4 rings (SSSR count). The van der Waals surface area contributed by atoms with Crippen molar-refractivity contribution in [2.45, 2.75) is 32.2 Å². The number of nitrogens with zero attached hydrogens (tertiary/aromatic N) is 5. The Morgan fingerprint density at radius 1 is 1.04 bits per heavy atom. The number of aromatic nitrogens is 2. The summed E-state index contributed by atoms with van der Waals surface area (Å²) in [6, 6.07) is 6.37. The predicted octanol–water partition coefficient (Wildman–Crippen LogP) is 2.41. The number of furan rings is 1. The lowest BCUT2D eigenvalue weighted by molar-refractivity contribution is 0.0746. The molecule has 7 heteroatoms. The van der Waals surface area contributed by atoms with Crippen molar-refractivity contribution in [3.8, 4) is 0 Å². The highest BCUT2D eigenvalue weighted by atomic mass is 16.3. The number of anilines is 2. The van der Waals surface area contributed by atoms with Gasteiger partial charge in [-0.1, -0.05) is 0 Å². The lowest BCUT2D eigenvalue weighted by Crippen LogP contribution is -2.49. The number of carbonyl (C=O) groups excluding carboxylic acids is 1. The highest BCUT2D eigenvalue weighted by Gasteiger charge is 2.24.